The molecule has 0 radical (unpaired) electrons. The van der Waals surface area contributed by atoms with Crippen molar-refractivity contribution >= 4 is 28.7 Å². The summed E-state index contributed by atoms with van der Waals surface area (Å²) in [5, 5.41) is 20.1. The number of hydrogen-bond acceptors (Lipinski definition) is 4. The zero-order valence-electron chi connectivity index (χ0n) is 35.9. The molecule has 0 saturated carbocycles. The second-order valence-electron chi connectivity index (χ2n) is 20.1. The molecular formula is C52H59N3O. The van der Waals surface area contributed by atoms with Crippen molar-refractivity contribution in [2.45, 2.75) is 130 Å². The van der Waals surface area contributed by atoms with Gasteiger partial charge in [0.05, 0.1) is 0 Å². The van der Waals surface area contributed by atoms with Gasteiger partial charge in [0.25, 0.3) is 0 Å². The number of fused-ring (bicyclic) bond motifs is 2. The summed E-state index contributed by atoms with van der Waals surface area (Å²) in [5.74, 6) is 1.28. The summed E-state index contributed by atoms with van der Waals surface area (Å²) in [5.41, 5.74) is 12.1. The Hall–Kier alpha value is -5.32. The van der Waals surface area contributed by atoms with Crippen LogP contribution < -0.4 is 9.64 Å². The minimum absolute atomic E-state index is 0.0589. The molecule has 0 saturated heterocycles. The highest BCUT2D eigenvalue weighted by Crippen LogP contribution is 2.49. The van der Waals surface area contributed by atoms with Crippen LogP contribution in [0, 0.1) is 22.7 Å². The molecule has 0 unspecified atom stereocenters. The van der Waals surface area contributed by atoms with E-state index in [-0.39, 0.29) is 32.6 Å². The SMILES string of the molecule is CC(C)(C)c1ccc(N(c2ccc(/C=C/C3=CC(=C(C#N)C#N)c4cc(C(C)(C)C)cc(C(C)(C)C)c4O3)cc2)c2ccc3c(c2)C(C)(C)CCC3(C)C)cc1. The second-order valence-corrected chi connectivity index (χ2v) is 20.1. The molecule has 1 heterocycles. The van der Waals surface area contributed by atoms with Gasteiger partial charge in [-0.1, -0.05) is 132 Å². The van der Waals surface area contributed by atoms with Gasteiger partial charge in [-0.3, -0.25) is 0 Å². The molecule has 0 fully saturated rings. The Balaban J connectivity index is 1.40. The molecule has 0 aromatic heterocycles. The van der Waals surface area contributed by atoms with E-state index in [1.165, 1.54) is 23.1 Å². The topological polar surface area (TPSA) is 60.0 Å². The van der Waals surface area contributed by atoms with Crippen LogP contribution in [0.1, 0.15) is 142 Å². The summed E-state index contributed by atoms with van der Waals surface area (Å²) in [4.78, 5) is 2.36. The summed E-state index contributed by atoms with van der Waals surface area (Å²) in [6, 6.07) is 33.3. The largest absolute Gasteiger partial charge is 0.456 e. The molecule has 0 atom stereocenters. The fourth-order valence-electron chi connectivity index (χ4n) is 7.92. The second kappa shape index (κ2) is 14.3. The molecular weight excluding hydrogens is 683 g/mol. The van der Waals surface area contributed by atoms with Gasteiger partial charge in [0.1, 0.15) is 29.2 Å². The lowest BCUT2D eigenvalue weighted by Crippen LogP contribution is -2.34. The Kier molecular flexibility index (Phi) is 10.3. The molecule has 2 aliphatic rings. The molecule has 4 heteroatoms. The van der Waals surface area contributed by atoms with Crippen molar-refractivity contribution in [3.8, 4) is 17.9 Å². The van der Waals surface area contributed by atoms with E-state index in [0.717, 1.165) is 45.7 Å². The van der Waals surface area contributed by atoms with E-state index < -0.39 is 0 Å². The third-order valence-corrected chi connectivity index (χ3v) is 11.7. The zero-order chi connectivity index (χ0) is 41.0. The van der Waals surface area contributed by atoms with Crippen molar-refractivity contribution in [2.24, 2.45) is 0 Å². The molecule has 4 aromatic rings. The Bertz CT molecular complexity index is 2310. The number of hydrogen-bond donors (Lipinski definition) is 0. The minimum atomic E-state index is -0.235. The van der Waals surface area contributed by atoms with Crippen LogP contribution in [0.5, 0.6) is 5.75 Å². The van der Waals surface area contributed by atoms with Crippen LogP contribution in [0.3, 0.4) is 0 Å². The van der Waals surface area contributed by atoms with E-state index in [9.17, 15) is 10.5 Å². The fraction of sp³-hybridized carbons (Fsp3) is 0.385. The van der Waals surface area contributed by atoms with Crippen LogP contribution in [0.15, 0.2) is 102 Å². The third-order valence-electron chi connectivity index (χ3n) is 11.7. The first-order valence-corrected chi connectivity index (χ1v) is 20.0. The highest BCUT2D eigenvalue weighted by molar-refractivity contribution is 5.88. The van der Waals surface area contributed by atoms with Crippen molar-refractivity contribution in [3.05, 3.63) is 141 Å². The normalized spacial score (nSPS) is 16.2. The zero-order valence-corrected chi connectivity index (χ0v) is 35.9. The predicted octanol–water partition coefficient (Wildman–Crippen LogP) is 14.2. The van der Waals surface area contributed by atoms with Crippen LogP contribution in [0.25, 0.3) is 11.6 Å². The predicted molar refractivity (Wildman–Crippen MR) is 235 cm³/mol. The van der Waals surface area contributed by atoms with Gasteiger partial charge in [-0.25, -0.2) is 0 Å². The maximum Gasteiger partial charge on any atom is 0.139 e. The van der Waals surface area contributed by atoms with Crippen LogP contribution in [0.2, 0.25) is 0 Å². The highest BCUT2D eigenvalue weighted by Gasteiger charge is 2.37. The van der Waals surface area contributed by atoms with Crippen molar-refractivity contribution in [1.29, 1.82) is 10.5 Å². The standard InChI is InChI=1S/C52H59N3O/c1-48(2,3)36-17-21-39(22-18-36)55(40-23-25-44-45(30-40)52(12,13)27-26-51(44,10)11)38-19-14-34(15-20-38)16-24-41-31-42(35(32-53)33-54)43-28-37(49(4,5)6)29-46(47(43)56-41)50(7,8)9/h14-25,28-31H,26-27H2,1-13H3/b24-16+. The molecule has 0 N–H and O–H groups in total. The van der Waals surface area contributed by atoms with E-state index in [2.05, 4.69) is 186 Å². The Morgan fingerprint density at radius 2 is 1.16 bits per heavy atom. The average molecular weight is 742 g/mol. The van der Waals surface area contributed by atoms with Gasteiger partial charge in [-0.2, -0.15) is 10.5 Å². The average Bonchev–Trinajstić information content (AvgIpc) is 3.12. The molecule has 0 amide bonds. The van der Waals surface area contributed by atoms with Gasteiger partial charge in [0.15, 0.2) is 0 Å². The first-order chi connectivity index (χ1) is 26.0. The van der Waals surface area contributed by atoms with Crippen LogP contribution >= 0.6 is 0 Å². The summed E-state index contributed by atoms with van der Waals surface area (Å²) in [6.07, 6.45) is 8.13. The molecule has 4 aromatic carbocycles. The quantitative estimate of drug-likeness (QED) is 0.191. The van der Waals surface area contributed by atoms with Gasteiger partial charge in [0, 0.05) is 33.8 Å². The Labute approximate surface area is 336 Å². The van der Waals surface area contributed by atoms with Gasteiger partial charge < -0.3 is 9.64 Å². The van der Waals surface area contributed by atoms with E-state index in [0.29, 0.717) is 17.1 Å². The molecule has 0 spiro atoms. The van der Waals surface area contributed by atoms with E-state index in [1.807, 2.05) is 18.2 Å². The molecule has 1 aliphatic carbocycles. The maximum absolute atomic E-state index is 10.0. The van der Waals surface area contributed by atoms with Crippen LogP contribution in [0.4, 0.5) is 17.1 Å². The van der Waals surface area contributed by atoms with Gasteiger partial charge in [-0.05, 0) is 122 Å². The molecule has 56 heavy (non-hydrogen) atoms. The number of rotatable bonds is 5. The molecule has 0 bridgehead atoms. The number of ether oxygens (including phenoxy) is 1. The molecule has 4 nitrogen and oxygen atoms in total. The van der Waals surface area contributed by atoms with Crippen LogP contribution in [-0.2, 0) is 27.1 Å². The summed E-state index contributed by atoms with van der Waals surface area (Å²) in [6.45, 7) is 29.3. The Morgan fingerprint density at radius 3 is 1.70 bits per heavy atom. The van der Waals surface area contributed by atoms with Crippen molar-refractivity contribution in [1.82, 2.24) is 0 Å². The van der Waals surface area contributed by atoms with Crippen molar-refractivity contribution in [3.63, 3.8) is 0 Å². The Morgan fingerprint density at radius 1 is 0.625 bits per heavy atom. The van der Waals surface area contributed by atoms with E-state index in [4.69, 9.17) is 4.74 Å². The van der Waals surface area contributed by atoms with Crippen molar-refractivity contribution < 1.29 is 4.74 Å². The summed E-state index contributed by atoms with van der Waals surface area (Å²) >= 11 is 0. The minimum Gasteiger partial charge on any atom is -0.456 e. The highest BCUT2D eigenvalue weighted by atomic mass is 16.5. The summed E-state index contributed by atoms with van der Waals surface area (Å²) in [7, 11) is 0. The smallest absolute Gasteiger partial charge is 0.139 e. The first kappa shape index (κ1) is 40.3. The first-order valence-electron chi connectivity index (χ1n) is 20.0. The lowest BCUT2D eigenvalue weighted by atomic mass is 9.63. The number of benzene rings is 4. The lowest BCUT2D eigenvalue weighted by Gasteiger charge is -2.42. The van der Waals surface area contributed by atoms with E-state index in [1.54, 1.807) is 0 Å². The monoisotopic (exact) mass is 741 g/mol. The number of nitriles is 2. The molecule has 6 rings (SSSR count). The van der Waals surface area contributed by atoms with Gasteiger partial charge in [0.2, 0.25) is 0 Å². The van der Waals surface area contributed by atoms with Crippen LogP contribution in [-0.4, -0.2) is 0 Å². The third kappa shape index (κ3) is 7.99. The number of nitrogens with zero attached hydrogens (tertiary/aromatic N) is 3. The lowest BCUT2D eigenvalue weighted by molar-refractivity contribution is 0.332. The maximum atomic E-state index is 10.0. The number of anilines is 3. The van der Waals surface area contributed by atoms with Gasteiger partial charge in [-0.15, -0.1) is 0 Å². The van der Waals surface area contributed by atoms with E-state index >= 15 is 0 Å². The molecule has 1 aliphatic heterocycles. The summed E-state index contributed by atoms with van der Waals surface area (Å²) < 4.78 is 6.65. The van der Waals surface area contributed by atoms with Gasteiger partial charge >= 0.3 is 0 Å². The fourth-order valence-corrected chi connectivity index (χ4v) is 7.92. The van der Waals surface area contributed by atoms with Crippen molar-refractivity contribution in [2.75, 3.05) is 4.90 Å². The molecule has 288 valence electrons. The number of allylic oxidation sites excluding steroid dienone is 4.